The molecular formula is C85H78. The van der Waals surface area contributed by atoms with E-state index in [0.29, 0.717) is 0 Å². The van der Waals surface area contributed by atoms with Crippen LogP contribution in [-0.2, 0) is 10.8 Å². The van der Waals surface area contributed by atoms with E-state index in [1.807, 2.05) is 54.6 Å². The molecule has 85 heavy (non-hydrogen) atoms. The van der Waals surface area contributed by atoms with Crippen molar-refractivity contribution in [2.75, 3.05) is 0 Å². The molecule has 0 unspecified atom stereocenters. The van der Waals surface area contributed by atoms with E-state index in [0.717, 1.165) is 0 Å². The fourth-order valence-electron chi connectivity index (χ4n) is 12.3. The zero-order valence-electron chi connectivity index (χ0n) is 50.9. The minimum atomic E-state index is -0.189. The van der Waals surface area contributed by atoms with Crippen LogP contribution in [0.2, 0.25) is 0 Å². The van der Waals surface area contributed by atoms with Crippen molar-refractivity contribution in [2.24, 2.45) is 0 Å². The lowest BCUT2D eigenvalue weighted by molar-refractivity contribution is 0.660. The molecule has 3 aliphatic rings. The number of benzene rings is 13. The van der Waals surface area contributed by atoms with Gasteiger partial charge in [-0.25, -0.2) is 0 Å². The van der Waals surface area contributed by atoms with E-state index in [9.17, 15) is 0 Å². The lowest BCUT2D eigenvalue weighted by Gasteiger charge is -2.30. The second-order valence-electron chi connectivity index (χ2n) is 23.3. The maximum atomic E-state index is 2.40. The quantitative estimate of drug-likeness (QED) is 0.142. The Bertz CT molecular complexity index is 4170. The molecule has 13 aromatic carbocycles. The molecule has 0 heteroatoms. The summed E-state index contributed by atoms with van der Waals surface area (Å²) < 4.78 is 0. The largest absolute Gasteiger partial charge is 0.0725 e. The molecule has 0 N–H and O–H groups in total. The summed E-state index contributed by atoms with van der Waals surface area (Å²) >= 11 is 0. The van der Waals surface area contributed by atoms with Gasteiger partial charge in [0.1, 0.15) is 0 Å². The van der Waals surface area contributed by atoms with Crippen molar-refractivity contribution in [1.29, 1.82) is 0 Å². The van der Waals surface area contributed by atoms with E-state index in [2.05, 4.69) is 317 Å². The first-order valence-electron chi connectivity index (χ1n) is 29.9. The van der Waals surface area contributed by atoms with Crippen molar-refractivity contribution >= 4 is 21.5 Å². The Balaban J connectivity index is 0.000000118. The van der Waals surface area contributed by atoms with E-state index in [1.165, 1.54) is 127 Å². The normalized spacial score (nSPS) is 12.2. The third-order valence-corrected chi connectivity index (χ3v) is 16.6. The molecule has 0 nitrogen and oxygen atoms in total. The molecule has 0 atom stereocenters. The Hall–Kier alpha value is -9.62. The van der Waals surface area contributed by atoms with Gasteiger partial charge in [0.2, 0.25) is 0 Å². The molecule has 0 aromatic heterocycles. The van der Waals surface area contributed by atoms with Crippen molar-refractivity contribution in [3.63, 3.8) is 0 Å². The van der Waals surface area contributed by atoms with E-state index < -0.39 is 0 Å². The average molecular weight is 1100 g/mol. The monoisotopic (exact) mass is 1100 g/mol. The highest BCUT2D eigenvalue weighted by atomic mass is 14.5. The third-order valence-electron chi connectivity index (χ3n) is 16.6. The Morgan fingerprint density at radius 1 is 0.200 bits per heavy atom. The lowest BCUT2D eigenvalue weighted by atomic mass is 9.70. The van der Waals surface area contributed by atoms with Crippen molar-refractivity contribution < 1.29 is 0 Å². The van der Waals surface area contributed by atoms with Crippen molar-refractivity contribution in [2.45, 2.75) is 73.1 Å². The number of rotatable bonds is 0. The predicted molar refractivity (Wildman–Crippen MR) is 367 cm³/mol. The van der Waals surface area contributed by atoms with Gasteiger partial charge in [-0.1, -0.05) is 357 Å². The Kier molecular flexibility index (Phi) is 18.4. The smallest absolute Gasteiger partial charge is 0.0622 e. The van der Waals surface area contributed by atoms with Crippen LogP contribution in [0.5, 0.6) is 0 Å². The van der Waals surface area contributed by atoms with Crippen LogP contribution in [-0.4, -0.2) is 0 Å². The Morgan fingerprint density at radius 2 is 0.529 bits per heavy atom. The zero-order chi connectivity index (χ0) is 59.3. The van der Waals surface area contributed by atoms with Crippen molar-refractivity contribution in [1.82, 2.24) is 0 Å². The molecule has 0 saturated carbocycles. The summed E-state index contributed by atoms with van der Waals surface area (Å²) in [6.07, 6.45) is 0. The summed E-state index contributed by atoms with van der Waals surface area (Å²) in [6, 6.07) is 110. The van der Waals surface area contributed by atoms with Crippen LogP contribution >= 0.6 is 0 Å². The van der Waals surface area contributed by atoms with Gasteiger partial charge < -0.3 is 0 Å². The van der Waals surface area contributed by atoms with Crippen LogP contribution in [0.4, 0.5) is 0 Å². The first-order chi connectivity index (χ1) is 41.3. The van der Waals surface area contributed by atoms with Crippen molar-refractivity contribution in [3.05, 3.63) is 382 Å². The summed E-state index contributed by atoms with van der Waals surface area (Å²) in [5, 5.41) is 5.33. The predicted octanol–water partition coefficient (Wildman–Crippen LogP) is 22.9. The third kappa shape index (κ3) is 13.0. The highest BCUT2D eigenvalue weighted by Gasteiger charge is 2.51. The van der Waals surface area contributed by atoms with E-state index >= 15 is 0 Å². The highest BCUT2D eigenvalue weighted by molar-refractivity contribution is 5.95. The minimum Gasteiger partial charge on any atom is -0.0622 e. The summed E-state index contributed by atoms with van der Waals surface area (Å²) in [5.74, 6) is 0. The van der Waals surface area contributed by atoms with Crippen LogP contribution in [0.15, 0.2) is 309 Å². The van der Waals surface area contributed by atoms with Gasteiger partial charge in [-0.05, 0) is 142 Å². The number of fused-ring (bicyclic) bond motifs is 15. The standard InChI is InChI=1S/C26H18.C16H16.2C11H10.3C7H8/c1-17-14-15-21-20-10-4-7-13-24(20)26(25(21)16-17)22-11-5-2-8-18(22)19-9-3-6-12-23(19)26;1-11-8-9-13-12-6-4-5-7-14(12)16(2,3)15(13)10-11;1-9-5-4-7-10-6-2-3-8-11(9)10;1-9-6-7-10-4-2-3-5-11(10)8-9;3*1-7-5-3-2-4-6-7/h2-16H,1H3;4-10H,1-3H3;2*2-8H,1H3;3*2-6H,1H3. The molecule has 1 spiro atoms. The molecule has 418 valence electrons. The zero-order valence-corrected chi connectivity index (χ0v) is 50.9. The molecule has 0 bridgehead atoms. The summed E-state index contributed by atoms with van der Waals surface area (Å²) in [4.78, 5) is 0. The van der Waals surface area contributed by atoms with Crippen LogP contribution in [0.1, 0.15) is 86.2 Å². The summed E-state index contributed by atoms with van der Waals surface area (Å²) in [7, 11) is 0. The maximum absolute atomic E-state index is 2.40. The fourth-order valence-corrected chi connectivity index (χ4v) is 12.3. The van der Waals surface area contributed by atoms with E-state index in [1.54, 1.807) is 0 Å². The Labute approximate surface area is 506 Å². The fraction of sp³-hybridized carbons (Fsp3) is 0.129. The van der Waals surface area contributed by atoms with Gasteiger partial charge in [0.05, 0.1) is 5.41 Å². The summed E-state index contributed by atoms with van der Waals surface area (Å²) in [5.41, 5.74) is 26.1. The molecule has 16 rings (SSSR count). The molecule has 0 aliphatic heterocycles. The molecule has 13 aromatic rings. The molecule has 0 amide bonds. The molecule has 0 heterocycles. The van der Waals surface area contributed by atoms with Crippen LogP contribution in [0.3, 0.4) is 0 Å². The first kappa shape index (κ1) is 58.6. The molecule has 3 aliphatic carbocycles. The van der Waals surface area contributed by atoms with Gasteiger partial charge in [-0.2, -0.15) is 0 Å². The number of aryl methyl sites for hydroxylation is 7. The van der Waals surface area contributed by atoms with Crippen LogP contribution in [0.25, 0.3) is 54.9 Å². The van der Waals surface area contributed by atoms with Gasteiger partial charge in [-0.3, -0.25) is 0 Å². The van der Waals surface area contributed by atoms with Gasteiger partial charge >= 0.3 is 0 Å². The van der Waals surface area contributed by atoms with Gasteiger partial charge in [0, 0.05) is 5.41 Å². The van der Waals surface area contributed by atoms with Crippen LogP contribution in [0, 0.1) is 48.5 Å². The topological polar surface area (TPSA) is 0 Å². The van der Waals surface area contributed by atoms with Gasteiger partial charge in [-0.15, -0.1) is 0 Å². The van der Waals surface area contributed by atoms with Gasteiger partial charge in [0.25, 0.3) is 0 Å². The Morgan fingerprint density at radius 3 is 0.988 bits per heavy atom. The SMILES string of the molecule is Cc1ccc2c(c1)C(C)(C)c1ccccc1-2.Cc1ccc2c(c1)C1(c3ccccc3-c3ccccc31)c1ccccc1-2.Cc1ccc2ccccc2c1.Cc1cccc2ccccc12.Cc1ccccc1.Cc1ccccc1.Cc1ccccc1. The lowest BCUT2D eigenvalue weighted by Crippen LogP contribution is -2.25. The second kappa shape index (κ2) is 26.7. The minimum absolute atomic E-state index is 0.151. The first-order valence-corrected chi connectivity index (χ1v) is 29.9. The summed E-state index contributed by atoms with van der Waals surface area (Å²) in [6.45, 7) is 19.5. The second-order valence-corrected chi connectivity index (χ2v) is 23.3. The van der Waals surface area contributed by atoms with E-state index in [4.69, 9.17) is 0 Å². The molecule has 0 radical (unpaired) electrons. The van der Waals surface area contributed by atoms with Crippen LogP contribution < -0.4 is 0 Å². The average Bonchev–Trinajstić information content (AvgIpc) is 1.56. The van der Waals surface area contributed by atoms with Gasteiger partial charge in [0.15, 0.2) is 0 Å². The maximum Gasteiger partial charge on any atom is 0.0725 e. The van der Waals surface area contributed by atoms with E-state index in [-0.39, 0.29) is 10.8 Å². The number of hydrogen-bond acceptors (Lipinski definition) is 0. The van der Waals surface area contributed by atoms with Crippen molar-refractivity contribution in [3.8, 4) is 33.4 Å². The highest BCUT2D eigenvalue weighted by Crippen LogP contribution is 2.62. The molecule has 0 fully saturated rings. The molecular weight excluding hydrogens is 1020 g/mol. The number of hydrogen-bond donors (Lipinski definition) is 0. The molecule has 0 saturated heterocycles.